The van der Waals surface area contributed by atoms with Gasteiger partial charge in [0.15, 0.2) is 58.4 Å². The molecule has 1 aliphatic heterocycles. The van der Waals surface area contributed by atoms with Gasteiger partial charge in [0, 0.05) is 5.56 Å². The third-order valence-electron chi connectivity index (χ3n) is 6.67. The van der Waals surface area contributed by atoms with Crippen molar-refractivity contribution in [1.82, 2.24) is 0 Å². The number of aliphatic hydroxyl groups is 2. The van der Waals surface area contributed by atoms with Crippen LogP contribution in [-0.2, 0) is 18.9 Å². The van der Waals surface area contributed by atoms with E-state index in [0.717, 1.165) is 36.4 Å². The second kappa shape index (κ2) is 13.1. The molecule has 242 valence electrons. The monoisotopic (exact) mass is 636 g/mol. The van der Waals surface area contributed by atoms with Crippen LogP contribution in [0.25, 0.3) is 0 Å². The first-order valence-electron chi connectivity index (χ1n) is 12.8. The number of aliphatic hydroxyl groups excluding tert-OH is 2. The molecule has 3 aromatic carbocycles. The third kappa shape index (κ3) is 6.91. The summed E-state index contributed by atoms with van der Waals surface area (Å²) in [5, 5.41) is 99.7. The predicted octanol–water partition coefficient (Wildman–Crippen LogP) is 0.558. The van der Waals surface area contributed by atoms with Crippen molar-refractivity contribution >= 4 is 11.9 Å². The highest BCUT2D eigenvalue weighted by Crippen LogP contribution is 2.40. The molecule has 0 amide bonds. The number of aromatic hydroxyl groups is 8. The number of ether oxygens (including phenoxy) is 5. The van der Waals surface area contributed by atoms with Crippen LogP contribution in [0.3, 0.4) is 0 Å². The van der Waals surface area contributed by atoms with Crippen molar-refractivity contribution in [3.05, 3.63) is 53.1 Å². The zero-order valence-corrected chi connectivity index (χ0v) is 23.1. The molecule has 0 radical (unpaired) electrons. The van der Waals surface area contributed by atoms with Crippen LogP contribution in [0.2, 0.25) is 0 Å². The van der Waals surface area contributed by atoms with Crippen LogP contribution in [0.5, 0.6) is 51.7 Å². The Hall–Kier alpha value is -5.36. The van der Waals surface area contributed by atoms with Crippen LogP contribution in [-0.4, -0.2) is 108 Å². The molecule has 0 aliphatic carbocycles. The van der Waals surface area contributed by atoms with Crippen LogP contribution in [0.4, 0.5) is 0 Å². The summed E-state index contributed by atoms with van der Waals surface area (Å²) in [6, 6.07) is 5.24. The predicted molar refractivity (Wildman–Crippen MR) is 144 cm³/mol. The Morgan fingerprint density at radius 3 is 1.84 bits per heavy atom. The van der Waals surface area contributed by atoms with Gasteiger partial charge in [0.1, 0.15) is 24.9 Å². The summed E-state index contributed by atoms with van der Waals surface area (Å²) in [5.74, 6) is -8.94. The summed E-state index contributed by atoms with van der Waals surface area (Å²) in [5.41, 5.74) is -0.972. The number of benzene rings is 3. The maximum atomic E-state index is 12.8. The molecule has 0 bridgehead atoms. The van der Waals surface area contributed by atoms with E-state index in [2.05, 4.69) is 0 Å². The third-order valence-corrected chi connectivity index (χ3v) is 6.67. The van der Waals surface area contributed by atoms with Crippen molar-refractivity contribution in [2.24, 2.45) is 0 Å². The summed E-state index contributed by atoms with van der Waals surface area (Å²) in [4.78, 5) is 25.3. The molecular weight excluding hydrogens is 608 g/mol. The Morgan fingerprint density at radius 2 is 1.31 bits per heavy atom. The van der Waals surface area contributed by atoms with E-state index in [9.17, 15) is 60.7 Å². The zero-order chi connectivity index (χ0) is 33.2. The largest absolute Gasteiger partial charge is 0.504 e. The second-order valence-corrected chi connectivity index (χ2v) is 9.67. The highest BCUT2D eigenvalue weighted by molar-refractivity contribution is 5.91. The second-order valence-electron chi connectivity index (χ2n) is 9.67. The van der Waals surface area contributed by atoms with E-state index in [-0.39, 0.29) is 16.9 Å². The van der Waals surface area contributed by atoms with Crippen molar-refractivity contribution in [3.8, 4) is 51.7 Å². The highest BCUT2D eigenvalue weighted by atomic mass is 16.7. The van der Waals surface area contributed by atoms with Crippen LogP contribution >= 0.6 is 0 Å². The van der Waals surface area contributed by atoms with E-state index in [4.69, 9.17) is 23.7 Å². The first kappa shape index (κ1) is 32.6. The van der Waals surface area contributed by atoms with E-state index >= 15 is 0 Å². The van der Waals surface area contributed by atoms with Gasteiger partial charge in [-0.25, -0.2) is 9.59 Å². The Morgan fingerprint density at radius 1 is 0.800 bits per heavy atom. The zero-order valence-electron chi connectivity index (χ0n) is 23.1. The van der Waals surface area contributed by atoms with Crippen molar-refractivity contribution < 1.29 is 84.3 Å². The lowest BCUT2D eigenvalue weighted by atomic mass is 9.99. The van der Waals surface area contributed by atoms with Gasteiger partial charge in [0.05, 0.1) is 24.8 Å². The number of carbonyl (C=O) groups is 2. The molecule has 4 rings (SSSR count). The molecule has 17 nitrogen and oxygen atoms in total. The minimum atomic E-state index is -1.96. The summed E-state index contributed by atoms with van der Waals surface area (Å²) in [6.45, 7) is -1.21. The highest BCUT2D eigenvalue weighted by Gasteiger charge is 2.44. The molecule has 3 aromatic rings. The molecule has 45 heavy (non-hydrogen) atoms. The van der Waals surface area contributed by atoms with Crippen LogP contribution in [0.15, 0.2) is 36.4 Å². The molecule has 17 heteroatoms. The molecular formula is C28H28O17. The van der Waals surface area contributed by atoms with E-state index in [0.29, 0.717) is 0 Å². The van der Waals surface area contributed by atoms with Crippen LogP contribution in [0, 0.1) is 0 Å². The number of phenolic OH excluding ortho intramolecular Hbond substituents is 8. The Labute approximate surface area is 252 Å². The maximum absolute atomic E-state index is 12.8. The lowest BCUT2D eigenvalue weighted by molar-refractivity contribution is -0.254. The Kier molecular flexibility index (Phi) is 9.48. The average molecular weight is 637 g/mol. The quantitative estimate of drug-likeness (QED) is 0.0872. The number of esters is 2. The molecule has 1 aliphatic rings. The number of phenols is 8. The average Bonchev–Trinajstić information content (AvgIpc) is 3.00. The summed E-state index contributed by atoms with van der Waals surface area (Å²) in [7, 11) is 1.18. The SMILES string of the molecule is COc1cc(C(O)OC2C(OC(=O)c3cc(O)c(O)c(O)c3)COC(COC(=O)c3cc(O)c(O)c(O)c3)C2O)cc(O)c1O. The smallest absolute Gasteiger partial charge is 0.338 e. The fraction of sp³-hybridized carbons (Fsp3) is 0.286. The van der Waals surface area contributed by atoms with Gasteiger partial charge in [-0.1, -0.05) is 0 Å². The fourth-order valence-corrected chi connectivity index (χ4v) is 4.29. The van der Waals surface area contributed by atoms with Gasteiger partial charge in [-0.15, -0.1) is 0 Å². The van der Waals surface area contributed by atoms with E-state index < -0.39 is 107 Å². The molecule has 5 atom stereocenters. The van der Waals surface area contributed by atoms with E-state index in [1.807, 2.05) is 0 Å². The molecule has 1 heterocycles. The number of hydrogen-bond acceptors (Lipinski definition) is 17. The number of methoxy groups -OCH3 is 1. The van der Waals surface area contributed by atoms with Crippen molar-refractivity contribution in [1.29, 1.82) is 0 Å². The standard InChI is InChI=1S/C28H28O17/c1-41-18-7-12(6-17(33)23(18)36)28(40)45-25-20(44-27(39)11-4-15(31)22(35)16(32)5-11)9-42-19(24(25)37)8-43-26(38)10-2-13(29)21(34)14(30)3-10/h2-7,19-20,24-25,28-37,40H,8-9H2,1H3. The van der Waals surface area contributed by atoms with Crippen molar-refractivity contribution in [2.45, 2.75) is 30.7 Å². The minimum Gasteiger partial charge on any atom is -0.504 e. The van der Waals surface area contributed by atoms with Crippen LogP contribution < -0.4 is 4.74 Å². The molecule has 0 spiro atoms. The Bertz CT molecular complexity index is 1540. The van der Waals surface area contributed by atoms with Gasteiger partial charge >= 0.3 is 11.9 Å². The normalized spacial score (nSPS) is 20.2. The minimum absolute atomic E-state index is 0.172. The van der Waals surface area contributed by atoms with Crippen molar-refractivity contribution in [2.75, 3.05) is 20.3 Å². The number of hydrogen-bond donors (Lipinski definition) is 10. The van der Waals surface area contributed by atoms with Gasteiger partial charge in [-0.3, -0.25) is 0 Å². The van der Waals surface area contributed by atoms with Crippen LogP contribution in [0.1, 0.15) is 32.6 Å². The Balaban J connectivity index is 1.56. The first-order valence-corrected chi connectivity index (χ1v) is 12.8. The number of rotatable bonds is 9. The van der Waals surface area contributed by atoms with Gasteiger partial charge < -0.3 is 74.7 Å². The van der Waals surface area contributed by atoms with Crippen molar-refractivity contribution in [3.63, 3.8) is 0 Å². The maximum Gasteiger partial charge on any atom is 0.338 e. The molecule has 5 unspecified atom stereocenters. The lowest BCUT2D eigenvalue weighted by Gasteiger charge is -2.40. The van der Waals surface area contributed by atoms with Gasteiger partial charge in [-0.2, -0.15) is 0 Å². The fourth-order valence-electron chi connectivity index (χ4n) is 4.29. The summed E-state index contributed by atoms with van der Waals surface area (Å²) >= 11 is 0. The molecule has 1 saturated heterocycles. The summed E-state index contributed by atoms with van der Waals surface area (Å²) in [6.07, 6.45) is -8.31. The summed E-state index contributed by atoms with van der Waals surface area (Å²) < 4.78 is 26.5. The first-order chi connectivity index (χ1) is 21.2. The van der Waals surface area contributed by atoms with E-state index in [1.165, 1.54) is 7.11 Å². The molecule has 1 fully saturated rings. The van der Waals surface area contributed by atoms with Gasteiger partial charge in [-0.05, 0) is 36.4 Å². The molecule has 0 saturated carbocycles. The number of carbonyl (C=O) groups excluding carboxylic acids is 2. The lowest BCUT2D eigenvalue weighted by Crippen LogP contribution is -2.57. The molecule has 10 N–H and O–H groups in total. The van der Waals surface area contributed by atoms with Gasteiger partial charge in [0.2, 0.25) is 5.75 Å². The molecule has 0 aromatic heterocycles. The van der Waals surface area contributed by atoms with Gasteiger partial charge in [0.25, 0.3) is 0 Å². The topological polar surface area (TPSA) is 283 Å². The van der Waals surface area contributed by atoms with E-state index in [1.54, 1.807) is 0 Å².